The van der Waals surface area contributed by atoms with Crippen molar-refractivity contribution in [2.24, 2.45) is 0 Å². The Morgan fingerprint density at radius 3 is 2.68 bits per heavy atom. The number of halogens is 2. The van der Waals surface area contributed by atoms with E-state index in [-0.39, 0.29) is 18.3 Å². The molecule has 0 saturated heterocycles. The number of ether oxygens (including phenoxy) is 1. The van der Waals surface area contributed by atoms with Crippen LogP contribution in [0, 0.1) is 0 Å². The van der Waals surface area contributed by atoms with E-state index in [0.717, 1.165) is 10.4 Å². The van der Waals surface area contributed by atoms with Crippen molar-refractivity contribution in [3.8, 4) is 0 Å². The van der Waals surface area contributed by atoms with Gasteiger partial charge >= 0.3 is 5.97 Å². The third-order valence-corrected chi connectivity index (χ3v) is 4.97. The fourth-order valence-corrected chi connectivity index (χ4v) is 3.62. The second-order valence-electron chi connectivity index (χ2n) is 4.86. The molecule has 1 heterocycles. The second-order valence-corrected chi connectivity index (χ2v) is 7.05. The summed E-state index contributed by atoms with van der Waals surface area (Å²) in [5.41, 5.74) is 0.883. The fourth-order valence-electron chi connectivity index (χ4n) is 2.30. The molecule has 0 radical (unpaired) electrons. The molecule has 0 bridgehead atoms. The number of rotatable bonds is 6. The monoisotopic (exact) mass is 358 g/mol. The summed E-state index contributed by atoms with van der Waals surface area (Å²) in [6.07, 6.45) is -0.0614. The lowest BCUT2D eigenvalue weighted by atomic mass is 9.88. The number of carbonyl (C=O) groups excluding carboxylic acids is 1. The zero-order valence-electron chi connectivity index (χ0n) is 12.0. The Balaban J connectivity index is 2.26. The summed E-state index contributed by atoms with van der Waals surface area (Å²) in [6.45, 7) is 0. The summed E-state index contributed by atoms with van der Waals surface area (Å²) < 4.78 is 5.30. The van der Waals surface area contributed by atoms with Crippen molar-refractivity contribution in [2.75, 3.05) is 7.11 Å². The van der Waals surface area contributed by atoms with E-state index < -0.39 is 6.10 Å². The smallest absolute Gasteiger partial charge is 0.305 e. The molecule has 2 rings (SSSR count). The number of esters is 1. The van der Waals surface area contributed by atoms with Gasteiger partial charge in [0.05, 0.1) is 17.6 Å². The molecule has 1 aromatic carbocycles. The molecule has 0 saturated carbocycles. The molecule has 0 aliphatic carbocycles. The topological polar surface area (TPSA) is 46.5 Å². The van der Waals surface area contributed by atoms with Crippen LogP contribution in [-0.2, 0) is 9.53 Å². The summed E-state index contributed by atoms with van der Waals surface area (Å²) in [7, 11) is 1.35. The molecule has 2 aromatic rings. The van der Waals surface area contributed by atoms with E-state index in [0.29, 0.717) is 15.8 Å². The molecule has 0 fully saturated rings. The van der Waals surface area contributed by atoms with E-state index in [1.54, 1.807) is 18.2 Å². The Labute approximate surface area is 143 Å². The highest BCUT2D eigenvalue weighted by Gasteiger charge is 2.25. The number of hydrogen-bond donors (Lipinski definition) is 1. The van der Waals surface area contributed by atoms with Crippen LogP contribution in [0.4, 0.5) is 0 Å². The summed E-state index contributed by atoms with van der Waals surface area (Å²) in [4.78, 5) is 12.2. The van der Waals surface area contributed by atoms with Crippen LogP contribution in [0.1, 0.15) is 35.3 Å². The van der Waals surface area contributed by atoms with Gasteiger partial charge in [-0.15, -0.1) is 11.3 Å². The van der Waals surface area contributed by atoms with E-state index in [1.807, 2.05) is 18.2 Å². The molecule has 1 unspecified atom stereocenters. The minimum atomic E-state index is -0.749. The number of aliphatic hydroxyl groups excluding tert-OH is 1. The summed E-state index contributed by atoms with van der Waals surface area (Å²) in [5.74, 6) is -0.559. The zero-order valence-corrected chi connectivity index (χ0v) is 14.3. The minimum absolute atomic E-state index is 0.226. The lowest BCUT2D eigenvalue weighted by Crippen LogP contribution is -2.12. The van der Waals surface area contributed by atoms with Gasteiger partial charge < -0.3 is 9.84 Å². The molecule has 6 heteroatoms. The van der Waals surface area contributed by atoms with Gasteiger partial charge in [-0.25, -0.2) is 0 Å². The van der Waals surface area contributed by atoms with Gasteiger partial charge in [0.25, 0.3) is 0 Å². The molecule has 0 spiro atoms. The Bertz CT molecular complexity index is 642. The van der Waals surface area contributed by atoms with Crippen LogP contribution in [0.3, 0.4) is 0 Å². The molecule has 3 nitrogen and oxygen atoms in total. The van der Waals surface area contributed by atoms with Crippen LogP contribution in [-0.4, -0.2) is 18.2 Å². The molecule has 1 N–H and O–H groups in total. The Morgan fingerprint density at radius 1 is 1.32 bits per heavy atom. The van der Waals surface area contributed by atoms with E-state index >= 15 is 0 Å². The summed E-state index contributed by atoms with van der Waals surface area (Å²) in [5, 5.41) is 11.3. The summed E-state index contributed by atoms with van der Waals surface area (Å²) >= 11 is 13.3. The van der Waals surface area contributed by atoms with Crippen molar-refractivity contribution in [3.05, 3.63) is 56.2 Å². The summed E-state index contributed by atoms with van der Waals surface area (Å²) in [6, 6.07) is 10.9. The lowest BCUT2D eigenvalue weighted by molar-refractivity contribution is -0.140. The van der Waals surface area contributed by atoms with Crippen LogP contribution >= 0.6 is 34.5 Å². The fraction of sp³-hybridized carbons (Fsp3) is 0.312. The average molecular weight is 359 g/mol. The highest BCUT2D eigenvalue weighted by Crippen LogP contribution is 2.39. The maximum Gasteiger partial charge on any atom is 0.305 e. The van der Waals surface area contributed by atoms with Crippen molar-refractivity contribution in [1.29, 1.82) is 0 Å². The molecule has 0 amide bonds. The van der Waals surface area contributed by atoms with E-state index in [4.69, 9.17) is 23.2 Å². The molecular formula is C16H16Cl2O3S. The largest absolute Gasteiger partial charge is 0.469 e. The quantitative estimate of drug-likeness (QED) is 0.752. The first-order valence-electron chi connectivity index (χ1n) is 6.77. The Morgan fingerprint density at radius 2 is 2.09 bits per heavy atom. The van der Waals surface area contributed by atoms with Crippen LogP contribution in [0.15, 0.2) is 36.4 Å². The number of benzene rings is 1. The maximum absolute atomic E-state index is 11.4. The predicted octanol–water partition coefficient (Wildman–Crippen LogP) is 4.83. The van der Waals surface area contributed by atoms with E-state index in [1.165, 1.54) is 18.4 Å². The SMILES string of the molecule is COC(=O)CCC(c1cccc(Cl)c1)[C@H](O)c1ccc(Cl)s1. The van der Waals surface area contributed by atoms with Crippen LogP contribution < -0.4 is 0 Å². The van der Waals surface area contributed by atoms with E-state index in [2.05, 4.69) is 4.74 Å². The van der Waals surface area contributed by atoms with Crippen molar-refractivity contribution in [3.63, 3.8) is 0 Å². The average Bonchev–Trinajstić information content (AvgIpc) is 2.93. The standard InChI is InChI=1S/C16H16Cl2O3S/c1-21-15(19)8-5-12(10-3-2-4-11(17)9-10)16(20)13-6-7-14(18)22-13/h2-4,6-7,9,12,16,20H,5,8H2,1H3/t12?,16-/m0/s1. The number of hydrogen-bond acceptors (Lipinski definition) is 4. The number of thiophene rings is 1. The zero-order chi connectivity index (χ0) is 16.1. The van der Waals surface area contributed by atoms with Gasteiger partial charge in [0.1, 0.15) is 0 Å². The van der Waals surface area contributed by atoms with Gasteiger partial charge in [0.15, 0.2) is 0 Å². The van der Waals surface area contributed by atoms with Crippen LogP contribution in [0.2, 0.25) is 9.36 Å². The van der Waals surface area contributed by atoms with Crippen LogP contribution in [0.5, 0.6) is 0 Å². The normalized spacial score (nSPS) is 13.6. The van der Waals surface area contributed by atoms with Gasteiger partial charge in [-0.3, -0.25) is 4.79 Å². The second kappa shape index (κ2) is 7.97. The molecule has 0 aliphatic heterocycles. The van der Waals surface area contributed by atoms with Gasteiger partial charge in [-0.2, -0.15) is 0 Å². The Hall–Kier alpha value is -1.07. The van der Waals surface area contributed by atoms with Gasteiger partial charge in [0, 0.05) is 22.2 Å². The number of methoxy groups -OCH3 is 1. The minimum Gasteiger partial charge on any atom is -0.469 e. The first-order valence-corrected chi connectivity index (χ1v) is 8.34. The molecular weight excluding hydrogens is 343 g/mol. The Kier molecular flexibility index (Phi) is 6.26. The molecule has 22 heavy (non-hydrogen) atoms. The molecule has 2 atom stereocenters. The third kappa shape index (κ3) is 4.46. The van der Waals surface area contributed by atoms with Crippen molar-refractivity contribution < 1.29 is 14.6 Å². The highest BCUT2D eigenvalue weighted by molar-refractivity contribution is 7.16. The molecule has 118 valence electrons. The molecule has 1 aromatic heterocycles. The van der Waals surface area contributed by atoms with Gasteiger partial charge in [-0.1, -0.05) is 35.3 Å². The van der Waals surface area contributed by atoms with E-state index in [9.17, 15) is 9.90 Å². The van der Waals surface area contributed by atoms with Gasteiger partial charge in [0.2, 0.25) is 0 Å². The number of aliphatic hydroxyl groups is 1. The first kappa shape index (κ1) is 17.3. The van der Waals surface area contributed by atoms with Crippen molar-refractivity contribution in [1.82, 2.24) is 0 Å². The van der Waals surface area contributed by atoms with Crippen molar-refractivity contribution >= 4 is 40.5 Å². The predicted molar refractivity (Wildman–Crippen MR) is 89.7 cm³/mol. The number of carbonyl (C=O) groups is 1. The molecule has 0 aliphatic rings. The van der Waals surface area contributed by atoms with Crippen LogP contribution in [0.25, 0.3) is 0 Å². The third-order valence-electron chi connectivity index (χ3n) is 3.43. The van der Waals surface area contributed by atoms with Crippen molar-refractivity contribution in [2.45, 2.75) is 24.9 Å². The first-order chi connectivity index (χ1) is 10.5. The van der Waals surface area contributed by atoms with Gasteiger partial charge in [-0.05, 0) is 36.2 Å². The highest BCUT2D eigenvalue weighted by atomic mass is 35.5. The lowest BCUT2D eigenvalue weighted by Gasteiger charge is -2.22. The maximum atomic E-state index is 11.4.